The molecule has 1 saturated heterocycles. The van der Waals surface area contributed by atoms with E-state index in [1.807, 2.05) is 32.0 Å². The second-order valence-electron chi connectivity index (χ2n) is 7.83. The summed E-state index contributed by atoms with van der Waals surface area (Å²) < 4.78 is 0. The molecule has 0 unspecified atom stereocenters. The van der Waals surface area contributed by atoms with Crippen LogP contribution in [0.3, 0.4) is 0 Å². The number of rotatable bonds is 4. The Bertz CT molecular complexity index is 729. The van der Waals surface area contributed by atoms with Crippen molar-refractivity contribution >= 4 is 23.4 Å². The van der Waals surface area contributed by atoms with E-state index in [0.29, 0.717) is 11.8 Å². The predicted octanol–water partition coefficient (Wildman–Crippen LogP) is 2.66. The summed E-state index contributed by atoms with van der Waals surface area (Å²) in [6.45, 7) is 4.15. The molecule has 5 heteroatoms. The molecular formula is C20H24N2O3. The first kappa shape index (κ1) is 16.3. The lowest BCUT2D eigenvalue weighted by atomic mass is 9.81. The first-order chi connectivity index (χ1) is 12.0. The van der Waals surface area contributed by atoms with Crippen LogP contribution in [0.15, 0.2) is 18.2 Å². The van der Waals surface area contributed by atoms with Gasteiger partial charge in [0.25, 0.3) is 0 Å². The average molecular weight is 340 g/mol. The molecule has 0 spiro atoms. The molecule has 3 fully saturated rings. The van der Waals surface area contributed by atoms with Crippen molar-refractivity contribution in [1.29, 1.82) is 0 Å². The first-order valence-electron chi connectivity index (χ1n) is 9.18. The number of fused-ring (bicyclic) bond motifs is 5. The smallest absolute Gasteiger partial charge is 0.233 e. The van der Waals surface area contributed by atoms with E-state index >= 15 is 0 Å². The number of likely N-dealkylation sites (tertiary alicyclic amines) is 1. The zero-order valence-electron chi connectivity index (χ0n) is 14.7. The molecule has 0 aromatic heterocycles. The van der Waals surface area contributed by atoms with Crippen LogP contribution in [-0.4, -0.2) is 29.2 Å². The SMILES string of the molecule is Cc1ccc(NC(=O)CCN2C(=O)[C@@H]3[C@H]4CC[C@@H](C4)[C@@H]3C2=O)c(C)c1. The zero-order chi connectivity index (χ0) is 17.7. The summed E-state index contributed by atoms with van der Waals surface area (Å²) in [4.78, 5) is 38.8. The minimum absolute atomic E-state index is 0.0403. The molecule has 2 bridgehead atoms. The molecular weight excluding hydrogens is 316 g/mol. The van der Waals surface area contributed by atoms with Gasteiger partial charge in [-0.15, -0.1) is 0 Å². The Labute approximate surface area is 147 Å². The summed E-state index contributed by atoms with van der Waals surface area (Å²) in [6, 6.07) is 5.85. The number of hydrogen-bond donors (Lipinski definition) is 1. The van der Waals surface area contributed by atoms with Crippen LogP contribution < -0.4 is 5.32 Å². The number of nitrogens with zero attached hydrogens (tertiary/aromatic N) is 1. The van der Waals surface area contributed by atoms with E-state index in [-0.39, 0.29) is 42.5 Å². The normalized spacial score (nSPS) is 30.1. The number of carbonyl (C=O) groups is 3. The number of anilines is 1. The number of benzene rings is 1. The molecule has 1 aromatic carbocycles. The standard InChI is InChI=1S/C20H24N2O3/c1-11-3-6-15(12(2)9-11)21-16(23)7-8-22-19(24)17-13-4-5-14(10-13)18(17)20(22)25/h3,6,9,13-14,17-18H,4-5,7-8,10H2,1-2H3,(H,21,23)/t13-,14-,17-,18+/m0/s1. The van der Waals surface area contributed by atoms with Gasteiger partial charge in [-0.25, -0.2) is 0 Å². The van der Waals surface area contributed by atoms with Gasteiger partial charge in [-0.3, -0.25) is 19.3 Å². The van der Waals surface area contributed by atoms with Crippen LogP contribution >= 0.6 is 0 Å². The zero-order valence-corrected chi connectivity index (χ0v) is 14.7. The second kappa shape index (κ2) is 5.97. The topological polar surface area (TPSA) is 66.5 Å². The van der Waals surface area contributed by atoms with Crippen molar-refractivity contribution in [1.82, 2.24) is 4.90 Å². The van der Waals surface area contributed by atoms with Gasteiger partial charge in [0.15, 0.2) is 0 Å². The maximum absolute atomic E-state index is 12.6. The van der Waals surface area contributed by atoms with Crippen molar-refractivity contribution in [2.45, 2.75) is 39.5 Å². The highest BCUT2D eigenvalue weighted by Gasteiger charge is 2.60. The molecule has 25 heavy (non-hydrogen) atoms. The van der Waals surface area contributed by atoms with Gasteiger partial charge in [-0.1, -0.05) is 17.7 Å². The van der Waals surface area contributed by atoms with Crippen LogP contribution in [0.25, 0.3) is 0 Å². The minimum Gasteiger partial charge on any atom is -0.326 e. The summed E-state index contributed by atoms with van der Waals surface area (Å²) in [5.74, 6) is 0.332. The van der Waals surface area contributed by atoms with Gasteiger partial charge in [0, 0.05) is 18.7 Å². The Hall–Kier alpha value is -2.17. The maximum atomic E-state index is 12.6. The van der Waals surface area contributed by atoms with E-state index < -0.39 is 0 Å². The molecule has 3 aliphatic rings. The van der Waals surface area contributed by atoms with Gasteiger partial charge in [0.1, 0.15) is 0 Å². The molecule has 2 saturated carbocycles. The Morgan fingerprint density at radius 2 is 1.76 bits per heavy atom. The van der Waals surface area contributed by atoms with Crippen molar-refractivity contribution in [2.75, 3.05) is 11.9 Å². The molecule has 0 radical (unpaired) electrons. The minimum atomic E-state index is -0.160. The number of hydrogen-bond acceptors (Lipinski definition) is 3. The van der Waals surface area contributed by atoms with E-state index in [1.165, 1.54) is 4.90 Å². The number of amides is 3. The van der Waals surface area contributed by atoms with Crippen molar-refractivity contribution in [3.8, 4) is 0 Å². The quantitative estimate of drug-likeness (QED) is 0.857. The summed E-state index contributed by atoms with van der Waals surface area (Å²) in [5.41, 5.74) is 2.93. The highest BCUT2D eigenvalue weighted by Crippen LogP contribution is 2.56. The Morgan fingerprint density at radius 3 is 2.36 bits per heavy atom. The Balaban J connectivity index is 1.37. The van der Waals surface area contributed by atoms with Crippen LogP contribution in [0.5, 0.6) is 0 Å². The third kappa shape index (κ3) is 2.66. The van der Waals surface area contributed by atoms with E-state index in [1.54, 1.807) is 0 Å². The predicted molar refractivity (Wildman–Crippen MR) is 93.7 cm³/mol. The number of nitrogens with one attached hydrogen (secondary N) is 1. The van der Waals surface area contributed by atoms with E-state index in [4.69, 9.17) is 0 Å². The monoisotopic (exact) mass is 340 g/mol. The Kier molecular flexibility index (Phi) is 3.89. The van der Waals surface area contributed by atoms with Gasteiger partial charge in [-0.05, 0) is 56.6 Å². The number of carbonyl (C=O) groups excluding carboxylic acids is 3. The maximum Gasteiger partial charge on any atom is 0.233 e. The van der Waals surface area contributed by atoms with Gasteiger partial charge in [0.2, 0.25) is 17.7 Å². The van der Waals surface area contributed by atoms with Crippen molar-refractivity contribution in [2.24, 2.45) is 23.7 Å². The van der Waals surface area contributed by atoms with Crippen LogP contribution in [0.4, 0.5) is 5.69 Å². The largest absolute Gasteiger partial charge is 0.326 e. The van der Waals surface area contributed by atoms with E-state index in [0.717, 1.165) is 36.1 Å². The first-order valence-corrected chi connectivity index (χ1v) is 9.18. The lowest BCUT2D eigenvalue weighted by Crippen LogP contribution is -2.35. The van der Waals surface area contributed by atoms with Crippen molar-refractivity contribution < 1.29 is 14.4 Å². The highest BCUT2D eigenvalue weighted by atomic mass is 16.2. The molecule has 3 amide bonds. The van der Waals surface area contributed by atoms with E-state index in [9.17, 15) is 14.4 Å². The molecule has 4 rings (SSSR count). The molecule has 4 atom stereocenters. The molecule has 1 aromatic rings. The molecule has 2 aliphatic carbocycles. The molecule has 1 aliphatic heterocycles. The fourth-order valence-corrected chi connectivity index (χ4v) is 5.07. The van der Waals surface area contributed by atoms with Crippen molar-refractivity contribution in [3.05, 3.63) is 29.3 Å². The molecule has 5 nitrogen and oxygen atoms in total. The summed E-state index contributed by atoms with van der Waals surface area (Å²) in [5, 5.41) is 2.88. The fourth-order valence-electron chi connectivity index (χ4n) is 5.07. The van der Waals surface area contributed by atoms with Crippen LogP contribution in [0, 0.1) is 37.5 Å². The highest BCUT2D eigenvalue weighted by molar-refractivity contribution is 6.06. The third-order valence-corrected chi connectivity index (χ3v) is 6.24. The second-order valence-corrected chi connectivity index (χ2v) is 7.83. The Morgan fingerprint density at radius 1 is 1.12 bits per heavy atom. The van der Waals surface area contributed by atoms with Crippen LogP contribution in [0.2, 0.25) is 0 Å². The van der Waals surface area contributed by atoms with Gasteiger partial charge >= 0.3 is 0 Å². The molecule has 1 heterocycles. The lowest BCUT2D eigenvalue weighted by molar-refractivity contribution is -0.140. The van der Waals surface area contributed by atoms with Crippen LogP contribution in [0.1, 0.15) is 36.8 Å². The lowest BCUT2D eigenvalue weighted by Gasteiger charge is -2.19. The number of imide groups is 1. The van der Waals surface area contributed by atoms with Gasteiger partial charge in [-0.2, -0.15) is 0 Å². The summed E-state index contributed by atoms with van der Waals surface area (Å²) in [7, 11) is 0. The van der Waals surface area contributed by atoms with Crippen molar-refractivity contribution in [3.63, 3.8) is 0 Å². The summed E-state index contributed by atoms with van der Waals surface area (Å²) >= 11 is 0. The molecule has 1 N–H and O–H groups in total. The average Bonchev–Trinajstić information content (AvgIpc) is 3.23. The van der Waals surface area contributed by atoms with E-state index in [2.05, 4.69) is 5.32 Å². The summed E-state index contributed by atoms with van der Waals surface area (Å²) in [6.07, 6.45) is 3.34. The van der Waals surface area contributed by atoms with Gasteiger partial charge in [0.05, 0.1) is 11.8 Å². The molecule has 132 valence electrons. The van der Waals surface area contributed by atoms with Gasteiger partial charge < -0.3 is 5.32 Å². The van der Waals surface area contributed by atoms with Crippen LogP contribution in [-0.2, 0) is 14.4 Å². The number of aryl methyl sites for hydroxylation is 2. The third-order valence-electron chi connectivity index (χ3n) is 6.24. The fraction of sp³-hybridized carbons (Fsp3) is 0.550.